The van der Waals surface area contributed by atoms with Gasteiger partial charge in [0.05, 0.1) is 33.5 Å². The molecule has 308 valence electrons. The molecule has 0 radical (unpaired) electrons. The fraction of sp³-hybridized carbons (Fsp3) is 0.0492. The van der Waals surface area contributed by atoms with Crippen LogP contribution in [-0.4, -0.2) is 19.1 Å². The Morgan fingerprint density at radius 1 is 0.308 bits per heavy atom. The molecule has 9 aromatic carbocycles. The van der Waals surface area contributed by atoms with Gasteiger partial charge in [0.25, 0.3) is 0 Å². The highest BCUT2D eigenvalue weighted by Crippen LogP contribution is 2.38. The summed E-state index contributed by atoms with van der Waals surface area (Å²) in [5.74, 6) is 0.728. The van der Waals surface area contributed by atoms with E-state index in [1.165, 1.54) is 82.6 Å². The van der Waals surface area contributed by atoms with E-state index in [-0.39, 0.29) is 0 Å². The van der Waals surface area contributed by atoms with E-state index >= 15 is 0 Å². The van der Waals surface area contributed by atoms with Gasteiger partial charge in [-0.2, -0.15) is 0 Å². The molecule has 0 aliphatic heterocycles. The standard InChI is InChI=1S/C61H44N4/c1-39-12-10-14-46(34-39)56-38-55(62-61(63-56)47-15-11-13-40(2)35-47)44-24-22-43(23-25-44)50-32-28-45(36-41(50)3)42-26-29-48(30-27-42)64-59-21-9-6-18-53(59)54-37-49(31-33-60(54)64)65-57-19-7-4-16-51(57)52-17-5-8-20-58(52)65/h4-38H,1-3H3. The highest BCUT2D eigenvalue weighted by atomic mass is 15.0. The van der Waals surface area contributed by atoms with Crippen LogP contribution in [0.5, 0.6) is 0 Å². The monoisotopic (exact) mass is 832 g/mol. The minimum Gasteiger partial charge on any atom is -0.309 e. The summed E-state index contributed by atoms with van der Waals surface area (Å²) in [6.45, 7) is 6.43. The van der Waals surface area contributed by atoms with Crippen LogP contribution in [0, 0.1) is 20.8 Å². The maximum Gasteiger partial charge on any atom is 0.160 e. The molecule has 0 aliphatic carbocycles. The Hall–Kier alpha value is -8.34. The normalized spacial score (nSPS) is 11.6. The van der Waals surface area contributed by atoms with Crippen molar-refractivity contribution in [1.82, 2.24) is 19.1 Å². The number of para-hydroxylation sites is 3. The summed E-state index contributed by atoms with van der Waals surface area (Å²) in [7, 11) is 0. The third-order valence-corrected chi connectivity index (χ3v) is 13.0. The van der Waals surface area contributed by atoms with Gasteiger partial charge in [-0.05, 0) is 115 Å². The van der Waals surface area contributed by atoms with Crippen molar-refractivity contribution in [3.8, 4) is 67.5 Å². The Kier molecular flexibility index (Phi) is 9.13. The second kappa shape index (κ2) is 15.5. The van der Waals surface area contributed by atoms with Gasteiger partial charge in [0.1, 0.15) is 0 Å². The van der Waals surface area contributed by atoms with E-state index in [0.29, 0.717) is 0 Å². The molecule has 0 saturated carbocycles. The molecule has 4 heteroatoms. The minimum atomic E-state index is 0.728. The van der Waals surface area contributed by atoms with E-state index in [2.05, 4.69) is 242 Å². The van der Waals surface area contributed by atoms with Crippen LogP contribution in [0.3, 0.4) is 0 Å². The molecular weight excluding hydrogens is 789 g/mol. The summed E-state index contributed by atoms with van der Waals surface area (Å²) in [6, 6.07) is 76.8. The fourth-order valence-electron chi connectivity index (χ4n) is 9.83. The number of nitrogens with zero attached hydrogens (tertiary/aromatic N) is 4. The van der Waals surface area contributed by atoms with Gasteiger partial charge in [0.2, 0.25) is 0 Å². The van der Waals surface area contributed by atoms with Gasteiger partial charge in [-0.15, -0.1) is 0 Å². The lowest BCUT2D eigenvalue weighted by Gasteiger charge is -2.13. The molecule has 3 aromatic heterocycles. The van der Waals surface area contributed by atoms with Crippen LogP contribution in [0.1, 0.15) is 16.7 Å². The SMILES string of the molecule is Cc1cccc(-c2cc(-c3ccc(-c4ccc(-c5ccc(-n6c7ccccc7c7cc(-n8c9ccccc9c9ccccc98)ccc76)cc5)cc4C)cc3)nc(-c3cccc(C)c3)n2)c1. The lowest BCUT2D eigenvalue weighted by atomic mass is 9.94. The van der Waals surface area contributed by atoms with Gasteiger partial charge in [-0.3, -0.25) is 0 Å². The lowest BCUT2D eigenvalue weighted by molar-refractivity contribution is 1.17. The van der Waals surface area contributed by atoms with Crippen molar-refractivity contribution < 1.29 is 0 Å². The van der Waals surface area contributed by atoms with Gasteiger partial charge >= 0.3 is 0 Å². The maximum absolute atomic E-state index is 5.10. The summed E-state index contributed by atoms with van der Waals surface area (Å²) in [5, 5.41) is 5.01. The Balaban J connectivity index is 0.850. The van der Waals surface area contributed by atoms with Crippen LogP contribution in [0.25, 0.3) is 111 Å². The zero-order chi connectivity index (χ0) is 43.6. The van der Waals surface area contributed by atoms with Crippen LogP contribution in [-0.2, 0) is 0 Å². The van der Waals surface area contributed by atoms with Crippen molar-refractivity contribution in [2.75, 3.05) is 0 Å². The van der Waals surface area contributed by atoms with Crippen LogP contribution in [0.2, 0.25) is 0 Å². The van der Waals surface area contributed by atoms with Crippen LogP contribution in [0.15, 0.2) is 212 Å². The van der Waals surface area contributed by atoms with Crippen molar-refractivity contribution in [1.29, 1.82) is 0 Å². The van der Waals surface area contributed by atoms with E-state index in [0.717, 1.165) is 45.3 Å². The highest BCUT2D eigenvalue weighted by Gasteiger charge is 2.17. The first-order chi connectivity index (χ1) is 31.9. The van der Waals surface area contributed by atoms with Gasteiger partial charge in [-0.25, -0.2) is 9.97 Å². The average Bonchev–Trinajstić information content (AvgIpc) is 3.86. The summed E-state index contributed by atoms with van der Waals surface area (Å²) in [6.07, 6.45) is 0. The average molecular weight is 833 g/mol. The number of aromatic nitrogens is 4. The Morgan fingerprint density at radius 2 is 0.800 bits per heavy atom. The van der Waals surface area contributed by atoms with Crippen LogP contribution in [0.4, 0.5) is 0 Å². The summed E-state index contributed by atoms with van der Waals surface area (Å²) >= 11 is 0. The molecule has 0 saturated heterocycles. The smallest absolute Gasteiger partial charge is 0.160 e. The predicted octanol–water partition coefficient (Wildman–Crippen LogP) is 15.9. The molecule has 0 spiro atoms. The topological polar surface area (TPSA) is 35.6 Å². The highest BCUT2D eigenvalue weighted by molar-refractivity contribution is 6.12. The number of benzene rings is 9. The number of hydrogen-bond acceptors (Lipinski definition) is 2. The molecule has 0 unspecified atom stereocenters. The maximum atomic E-state index is 5.10. The van der Waals surface area contributed by atoms with Crippen LogP contribution >= 0.6 is 0 Å². The zero-order valence-corrected chi connectivity index (χ0v) is 36.5. The Bertz CT molecular complexity index is 3680. The van der Waals surface area contributed by atoms with Crippen molar-refractivity contribution in [2.45, 2.75) is 20.8 Å². The number of hydrogen-bond donors (Lipinski definition) is 0. The van der Waals surface area contributed by atoms with Crippen molar-refractivity contribution in [3.63, 3.8) is 0 Å². The summed E-state index contributed by atoms with van der Waals surface area (Å²) in [5.41, 5.74) is 20.5. The number of aryl methyl sites for hydroxylation is 3. The third-order valence-electron chi connectivity index (χ3n) is 13.0. The minimum absolute atomic E-state index is 0.728. The Morgan fingerprint density at radius 3 is 1.43 bits per heavy atom. The molecule has 0 amide bonds. The third kappa shape index (κ3) is 6.70. The van der Waals surface area contributed by atoms with Crippen molar-refractivity contribution >= 4 is 43.6 Å². The quantitative estimate of drug-likeness (QED) is 0.160. The summed E-state index contributed by atoms with van der Waals surface area (Å²) < 4.78 is 4.80. The van der Waals surface area contributed by atoms with Crippen molar-refractivity contribution in [3.05, 3.63) is 229 Å². The van der Waals surface area contributed by atoms with Crippen molar-refractivity contribution in [2.24, 2.45) is 0 Å². The van der Waals surface area contributed by atoms with Crippen LogP contribution < -0.4 is 0 Å². The molecule has 4 nitrogen and oxygen atoms in total. The molecule has 0 fully saturated rings. The molecule has 0 N–H and O–H groups in total. The van der Waals surface area contributed by atoms with E-state index in [1.54, 1.807) is 0 Å². The van der Waals surface area contributed by atoms with Gasteiger partial charge in [0.15, 0.2) is 5.82 Å². The lowest BCUT2D eigenvalue weighted by Crippen LogP contribution is -1.96. The Labute approximate surface area is 378 Å². The molecular formula is C61H44N4. The first kappa shape index (κ1) is 38.3. The first-order valence-electron chi connectivity index (χ1n) is 22.3. The zero-order valence-electron chi connectivity index (χ0n) is 36.5. The van der Waals surface area contributed by atoms with E-state index in [4.69, 9.17) is 9.97 Å². The predicted molar refractivity (Wildman–Crippen MR) is 272 cm³/mol. The van der Waals surface area contributed by atoms with Gasteiger partial charge in [0, 0.05) is 49.6 Å². The second-order valence-electron chi connectivity index (χ2n) is 17.3. The van der Waals surface area contributed by atoms with Gasteiger partial charge < -0.3 is 9.13 Å². The first-order valence-corrected chi connectivity index (χ1v) is 22.3. The number of fused-ring (bicyclic) bond motifs is 6. The second-order valence-corrected chi connectivity index (χ2v) is 17.3. The molecule has 0 atom stereocenters. The fourth-order valence-corrected chi connectivity index (χ4v) is 9.83. The number of rotatable bonds is 7. The molecule has 0 bridgehead atoms. The molecule has 0 aliphatic rings. The van der Waals surface area contributed by atoms with E-state index < -0.39 is 0 Å². The van der Waals surface area contributed by atoms with E-state index in [1.807, 2.05) is 0 Å². The largest absolute Gasteiger partial charge is 0.309 e. The molecule has 65 heavy (non-hydrogen) atoms. The molecule has 12 rings (SSSR count). The molecule has 12 aromatic rings. The summed E-state index contributed by atoms with van der Waals surface area (Å²) in [4.78, 5) is 10.1. The molecule has 3 heterocycles. The van der Waals surface area contributed by atoms with E-state index in [9.17, 15) is 0 Å². The van der Waals surface area contributed by atoms with Gasteiger partial charge in [-0.1, -0.05) is 157 Å².